The molecule has 2 aliphatic heterocycles. The van der Waals surface area contributed by atoms with Crippen LogP contribution in [0.2, 0.25) is 0 Å². The molecule has 2 aromatic carbocycles. The van der Waals surface area contributed by atoms with Crippen molar-refractivity contribution in [2.75, 3.05) is 32.8 Å². The van der Waals surface area contributed by atoms with Gasteiger partial charge in [-0.25, -0.2) is 4.98 Å². The average molecular weight is 1300 g/mol. The number of hydrogen-bond acceptors (Lipinski definition) is 16. The molecule has 4 aromatic rings. The molecule has 0 aliphatic carbocycles. The first kappa shape index (κ1) is 74.1. The van der Waals surface area contributed by atoms with Crippen LogP contribution in [0.25, 0.3) is 10.9 Å². The van der Waals surface area contributed by atoms with E-state index in [-0.39, 0.29) is 93.9 Å². The number of fused-ring (bicyclic) bond motifs is 1. The lowest BCUT2D eigenvalue weighted by molar-refractivity contribution is -0.142. The van der Waals surface area contributed by atoms with Gasteiger partial charge in [0.25, 0.3) is 5.97 Å². The number of nitrogens with one attached hydrogen (secondary N) is 11. The maximum Gasteiger partial charge on any atom is 0.300 e. The van der Waals surface area contributed by atoms with Crippen molar-refractivity contribution in [1.29, 1.82) is 0 Å². The highest BCUT2D eigenvalue weighted by atomic mass is 16.5. The molecular formula is C62H90N16O15. The van der Waals surface area contributed by atoms with Gasteiger partial charge in [-0.2, -0.15) is 0 Å². The maximum atomic E-state index is 14.8. The van der Waals surface area contributed by atoms with Crippen molar-refractivity contribution in [3.63, 3.8) is 0 Å². The van der Waals surface area contributed by atoms with Gasteiger partial charge in [0.2, 0.25) is 59.1 Å². The molecule has 10 amide bonds. The molecule has 508 valence electrons. The van der Waals surface area contributed by atoms with E-state index in [0.717, 1.165) is 6.92 Å². The summed E-state index contributed by atoms with van der Waals surface area (Å²) in [6, 6.07) is 1.02. The third-order valence-corrected chi connectivity index (χ3v) is 14.9. The number of carboxylic acid groups (broad SMARTS) is 1. The molecule has 31 nitrogen and oxygen atoms in total. The molecular weight excluding hydrogens is 1210 g/mol. The van der Waals surface area contributed by atoms with E-state index >= 15 is 0 Å². The number of phenolic OH excluding ortho intramolecular Hbond substituents is 1. The zero-order valence-corrected chi connectivity index (χ0v) is 53.5. The van der Waals surface area contributed by atoms with Crippen LogP contribution in [0.5, 0.6) is 5.75 Å². The number of rotatable bonds is 32. The Morgan fingerprint density at radius 1 is 0.753 bits per heavy atom. The number of nitrogens with two attached hydrogens (primary N) is 2. The lowest BCUT2D eigenvalue weighted by atomic mass is 10.0. The van der Waals surface area contributed by atoms with Crippen molar-refractivity contribution >= 4 is 81.9 Å². The SMILES string of the molecule is CC(=O)O.CCNC(=O)[C@@H]1CCCN1C(=O)[C@H](CCCN=C(N)N)NC(=O)[C@H](CC(C)C)NC(=O)[C@@H](COC(C)(C)C)NC(=O)[C@H](Cc1ccc(O)cc1)NC(=O)[C@H](CO)NC(=O)[C@H](Cc1c[nH]c2ccccc12)NC(=O)[C@@H](Cc1cnc[nH]1)NC(=O)[C@@H]1CCC(=O)N1. The summed E-state index contributed by atoms with van der Waals surface area (Å²) in [4.78, 5) is 165. The van der Waals surface area contributed by atoms with E-state index in [0.29, 0.717) is 47.1 Å². The van der Waals surface area contributed by atoms with E-state index in [2.05, 4.69) is 67.8 Å². The van der Waals surface area contributed by atoms with Crippen LogP contribution in [0.4, 0.5) is 0 Å². The Bertz CT molecular complexity index is 3230. The quantitative estimate of drug-likeness (QED) is 0.0149. The second-order valence-corrected chi connectivity index (χ2v) is 24.1. The van der Waals surface area contributed by atoms with E-state index in [1.54, 1.807) is 58.2 Å². The number of ether oxygens (including phenoxy) is 1. The van der Waals surface area contributed by atoms with Crippen molar-refractivity contribution in [1.82, 2.24) is 67.7 Å². The molecule has 2 aliphatic rings. The summed E-state index contributed by atoms with van der Waals surface area (Å²) in [5.41, 5.74) is 12.4. The number of phenols is 1. The number of likely N-dealkylation sites (N-methyl/N-ethyl adjacent to an activating group) is 1. The number of amides is 10. The third kappa shape index (κ3) is 24.2. The summed E-state index contributed by atoms with van der Waals surface area (Å²) in [5.74, 6) is -8.56. The molecule has 0 spiro atoms. The average Bonchev–Trinajstić information content (AvgIpc) is 1.78. The number of carbonyl (C=O) groups is 11. The molecule has 0 saturated carbocycles. The molecule has 2 aromatic heterocycles. The van der Waals surface area contributed by atoms with E-state index in [1.807, 2.05) is 13.8 Å². The van der Waals surface area contributed by atoms with Crippen LogP contribution in [-0.4, -0.2) is 199 Å². The fraction of sp³-hybridized carbons (Fsp3) is 0.532. The zero-order chi connectivity index (χ0) is 68.5. The Balaban J connectivity index is 0.00000380. The number of aromatic hydroxyl groups is 1. The number of carboxylic acids is 1. The molecule has 2 fully saturated rings. The summed E-state index contributed by atoms with van der Waals surface area (Å²) >= 11 is 0. The first-order valence-corrected chi connectivity index (χ1v) is 30.9. The Morgan fingerprint density at radius 2 is 1.33 bits per heavy atom. The summed E-state index contributed by atoms with van der Waals surface area (Å²) < 4.78 is 6.04. The second kappa shape index (κ2) is 35.8. The standard InChI is InChI=1S/C60H86N16O13.C2H4O2/c1-7-64-57(87)48-15-11-23-76(48)58(88)41(14-10-22-65-59(61)62)69-51(81)42(24-33(2)3)70-56(86)47(31-89-60(4,5)6)75-52(82)43(25-34-16-18-37(78)19-17-34)71-55(85)46(30-77)74-53(83)44(26-35-28-66-39-13-9-8-12-38(35)39)72-54(84)45(27-36-29-63-32-67-36)73-50(80)40-20-21-49(79)68-40;1-2(3)4/h8-9,12-13,16-19,28-29,32-33,40-48,66,77-78H,7,10-11,14-15,20-27,30-31H2,1-6H3,(H,63,67)(H,64,87)(H,68,79)(H,69,81)(H,70,86)(H,71,85)(H,72,84)(H,73,80)(H,74,83)(H,75,82)(H4,61,62,65);1H3,(H,3,4)/t40-,41-,42-,43-,44-,45+,46-,47+,48-;/m0./s1. The highest BCUT2D eigenvalue weighted by Gasteiger charge is 2.40. The molecule has 4 heterocycles. The second-order valence-electron chi connectivity index (χ2n) is 24.1. The minimum atomic E-state index is -1.78. The van der Waals surface area contributed by atoms with E-state index in [9.17, 15) is 58.2 Å². The number of aliphatic hydroxyl groups excluding tert-OH is 1. The van der Waals surface area contributed by atoms with Crippen molar-refractivity contribution in [3.05, 3.63) is 84.1 Å². The first-order valence-electron chi connectivity index (χ1n) is 30.9. The predicted octanol–water partition coefficient (Wildman–Crippen LogP) is -1.58. The number of aliphatic carboxylic acids is 1. The Kier molecular flexibility index (Phi) is 28.5. The number of carbonyl (C=O) groups excluding carboxylic acids is 10. The summed E-state index contributed by atoms with van der Waals surface area (Å²) in [7, 11) is 0. The van der Waals surface area contributed by atoms with Gasteiger partial charge in [-0.1, -0.05) is 44.2 Å². The lowest BCUT2D eigenvalue weighted by Crippen LogP contribution is -2.62. The summed E-state index contributed by atoms with van der Waals surface area (Å²) in [6.07, 6.45) is 5.56. The number of imidazole rings is 1. The first-order chi connectivity index (χ1) is 44.0. The minimum Gasteiger partial charge on any atom is -0.508 e. The van der Waals surface area contributed by atoms with Gasteiger partial charge >= 0.3 is 0 Å². The van der Waals surface area contributed by atoms with Crippen LogP contribution in [0.3, 0.4) is 0 Å². The molecule has 0 unspecified atom stereocenters. The molecule has 0 radical (unpaired) electrons. The number of aromatic amines is 2. The number of H-pyrrole nitrogens is 2. The highest BCUT2D eigenvalue weighted by molar-refractivity contribution is 5.99. The normalized spacial score (nSPS) is 16.7. The Morgan fingerprint density at radius 3 is 1.92 bits per heavy atom. The summed E-state index contributed by atoms with van der Waals surface area (Å²) in [5, 5.41) is 53.2. The zero-order valence-electron chi connectivity index (χ0n) is 53.5. The number of benzene rings is 2. The van der Waals surface area contributed by atoms with Gasteiger partial charge in [0.15, 0.2) is 5.96 Å². The van der Waals surface area contributed by atoms with Crippen molar-refractivity contribution in [3.8, 4) is 5.75 Å². The van der Waals surface area contributed by atoms with Gasteiger partial charge in [0.05, 0.1) is 25.1 Å². The molecule has 18 N–H and O–H groups in total. The number of para-hydroxylation sites is 1. The smallest absolute Gasteiger partial charge is 0.300 e. The van der Waals surface area contributed by atoms with Crippen LogP contribution in [0.1, 0.15) is 110 Å². The van der Waals surface area contributed by atoms with Gasteiger partial charge in [-0.15, -0.1) is 0 Å². The van der Waals surface area contributed by atoms with Crippen molar-refractivity contribution in [2.24, 2.45) is 22.4 Å². The number of hydrogen-bond donors (Lipinski definition) is 16. The van der Waals surface area contributed by atoms with E-state index in [4.69, 9.17) is 26.1 Å². The molecule has 0 bridgehead atoms. The van der Waals surface area contributed by atoms with Gasteiger partial charge < -0.3 is 94.2 Å². The number of aliphatic hydroxyl groups is 1. The van der Waals surface area contributed by atoms with Crippen LogP contribution in [0.15, 0.2) is 72.2 Å². The van der Waals surface area contributed by atoms with Gasteiger partial charge in [-0.05, 0) is 101 Å². The fourth-order valence-electron chi connectivity index (χ4n) is 10.3. The van der Waals surface area contributed by atoms with E-state index in [1.165, 1.54) is 41.7 Å². The molecule has 6 rings (SSSR count). The number of aromatic nitrogens is 3. The fourth-order valence-corrected chi connectivity index (χ4v) is 10.3. The predicted molar refractivity (Wildman–Crippen MR) is 340 cm³/mol. The van der Waals surface area contributed by atoms with Crippen molar-refractivity contribution < 1.29 is 72.8 Å². The number of likely N-dealkylation sites (tertiary alicyclic amines) is 1. The van der Waals surface area contributed by atoms with Crippen molar-refractivity contribution in [2.45, 2.75) is 173 Å². The number of guanidine groups is 1. The van der Waals surface area contributed by atoms with E-state index < -0.39 is 126 Å². The summed E-state index contributed by atoms with van der Waals surface area (Å²) in [6.45, 7) is 10.9. The molecule has 9 atom stereocenters. The number of nitrogens with zero attached hydrogens (tertiary/aromatic N) is 3. The molecule has 2 saturated heterocycles. The van der Waals surface area contributed by atoms with Gasteiger partial charge in [0, 0.05) is 81.2 Å². The van der Waals surface area contributed by atoms with Crippen LogP contribution >= 0.6 is 0 Å². The maximum absolute atomic E-state index is 14.8. The topological polar surface area (TPSA) is 478 Å². The highest BCUT2D eigenvalue weighted by Crippen LogP contribution is 2.22. The molecule has 31 heteroatoms. The third-order valence-electron chi connectivity index (χ3n) is 14.9. The van der Waals surface area contributed by atoms with Crippen LogP contribution < -0.4 is 59.3 Å². The monoisotopic (exact) mass is 1300 g/mol. The van der Waals surface area contributed by atoms with Crippen LogP contribution in [-0.2, 0) is 76.7 Å². The largest absolute Gasteiger partial charge is 0.508 e. The Labute approximate surface area is 538 Å². The Hall–Kier alpha value is -9.65. The van der Waals surface area contributed by atoms with Crippen LogP contribution in [0, 0.1) is 5.92 Å². The minimum absolute atomic E-state index is 0.0578. The lowest BCUT2D eigenvalue weighted by Gasteiger charge is -2.31. The van der Waals surface area contributed by atoms with Gasteiger partial charge in [-0.3, -0.25) is 57.7 Å². The number of aliphatic imine (C=N–C) groups is 1. The molecule has 93 heavy (non-hydrogen) atoms. The van der Waals surface area contributed by atoms with Gasteiger partial charge in [0.1, 0.15) is 60.1 Å².